The van der Waals surface area contributed by atoms with Crippen LogP contribution >= 0.6 is 0 Å². The van der Waals surface area contributed by atoms with E-state index < -0.39 is 25.9 Å². The lowest BCUT2D eigenvalue weighted by atomic mass is 10.0. The number of amides is 1. The van der Waals surface area contributed by atoms with E-state index in [0.717, 1.165) is 34.6 Å². The Bertz CT molecular complexity index is 1500. The molecule has 0 radical (unpaired) electrons. The highest BCUT2D eigenvalue weighted by molar-refractivity contribution is 6.83. The van der Waals surface area contributed by atoms with Crippen LogP contribution in [0, 0.1) is 11.5 Å². The van der Waals surface area contributed by atoms with E-state index in [1.807, 2.05) is 62.4 Å². The van der Waals surface area contributed by atoms with Crippen molar-refractivity contribution in [3.05, 3.63) is 95.1 Å². The van der Waals surface area contributed by atoms with E-state index in [9.17, 15) is 18.0 Å². The molecule has 0 N–H and O–H groups in total. The van der Waals surface area contributed by atoms with Gasteiger partial charge in [-0.2, -0.15) is 13.2 Å². The molecule has 1 heterocycles. The zero-order chi connectivity index (χ0) is 31.2. The van der Waals surface area contributed by atoms with Crippen LogP contribution in [0.2, 0.25) is 19.6 Å². The number of benzene rings is 3. The molecule has 3 aromatic rings. The van der Waals surface area contributed by atoms with E-state index >= 15 is 0 Å². The smallest absolute Gasteiger partial charge is 0.380 e. The van der Waals surface area contributed by atoms with Gasteiger partial charge in [-0.05, 0) is 67.4 Å². The molecular weight excluding hydrogens is 567 g/mol. The number of fused-ring (bicyclic) bond motifs is 1. The maximum absolute atomic E-state index is 13.7. The molecule has 0 bridgehead atoms. The van der Waals surface area contributed by atoms with E-state index in [1.165, 1.54) is 12.1 Å². The lowest BCUT2D eigenvalue weighted by Crippen LogP contribution is -2.51. The highest BCUT2D eigenvalue weighted by atomic mass is 28.3. The van der Waals surface area contributed by atoms with E-state index in [2.05, 4.69) is 36.0 Å². The molecule has 1 amide bonds. The fourth-order valence-corrected chi connectivity index (χ4v) is 5.30. The molecule has 0 aliphatic carbocycles. The van der Waals surface area contributed by atoms with Crippen LogP contribution in [0.5, 0.6) is 0 Å². The average Bonchev–Trinajstić information content (AvgIpc) is 2.97. The molecule has 0 spiro atoms. The molecule has 1 aliphatic heterocycles. The zero-order valence-corrected chi connectivity index (χ0v) is 26.3. The third-order valence-electron chi connectivity index (χ3n) is 7.07. The Hall–Kier alpha value is -3.87. The summed E-state index contributed by atoms with van der Waals surface area (Å²) < 4.78 is 44.8. The van der Waals surface area contributed by atoms with Gasteiger partial charge in [-0.1, -0.05) is 55.9 Å². The first-order valence-electron chi connectivity index (χ1n) is 14.5. The highest BCUT2D eigenvalue weighted by Gasteiger charge is 2.32. The number of carbonyl (C=O) groups is 1. The first-order chi connectivity index (χ1) is 20.4. The van der Waals surface area contributed by atoms with E-state index in [1.54, 1.807) is 4.90 Å². The minimum atomic E-state index is -4.43. The summed E-state index contributed by atoms with van der Waals surface area (Å²) in [6, 6.07) is 20.3. The number of ether oxygens (including phenoxy) is 1. The van der Waals surface area contributed by atoms with Gasteiger partial charge in [0, 0.05) is 24.4 Å². The van der Waals surface area contributed by atoms with Crippen molar-refractivity contribution >= 4 is 31.2 Å². The van der Waals surface area contributed by atoms with Crippen LogP contribution in [0.15, 0.2) is 77.8 Å². The minimum absolute atomic E-state index is 0.0388. The normalized spacial score (nSPS) is 13.9. The van der Waals surface area contributed by atoms with Gasteiger partial charge in [0.15, 0.2) is 0 Å². The number of hydrogen-bond donors (Lipinski definition) is 0. The van der Waals surface area contributed by atoms with Crippen LogP contribution in [0.3, 0.4) is 0 Å². The fourth-order valence-electron chi connectivity index (χ4n) is 4.78. The molecule has 0 aromatic heterocycles. The summed E-state index contributed by atoms with van der Waals surface area (Å²) in [5.74, 6) is 3.78. The minimum Gasteiger partial charge on any atom is -0.380 e. The van der Waals surface area contributed by atoms with Crippen LogP contribution in [-0.2, 0) is 28.7 Å². The van der Waals surface area contributed by atoms with Crippen LogP contribution in [0.1, 0.15) is 36.1 Å². The van der Waals surface area contributed by atoms with Crippen molar-refractivity contribution in [1.82, 2.24) is 4.90 Å². The number of hydrogen-bond acceptors (Lipinski definition) is 4. The largest absolute Gasteiger partial charge is 0.416 e. The van der Waals surface area contributed by atoms with Crippen LogP contribution < -0.4 is 4.90 Å². The SMILES string of the molecule is CCOCCN(C(=O)Cc1ccc(C(F)(F)F)cc1)C(C)C1=Nc2ccccc2CN1c1ccc(C#C[Si](C)(C)C)cc1. The van der Waals surface area contributed by atoms with Gasteiger partial charge in [0.1, 0.15) is 13.9 Å². The summed E-state index contributed by atoms with van der Waals surface area (Å²) in [5, 5.41) is 0. The van der Waals surface area contributed by atoms with Crippen molar-refractivity contribution in [1.29, 1.82) is 0 Å². The number of amidine groups is 1. The van der Waals surface area contributed by atoms with E-state index in [0.29, 0.717) is 37.7 Å². The summed E-state index contributed by atoms with van der Waals surface area (Å²) in [4.78, 5) is 22.6. The summed E-state index contributed by atoms with van der Waals surface area (Å²) in [6.07, 6.45) is -4.47. The van der Waals surface area contributed by atoms with Gasteiger partial charge in [-0.25, -0.2) is 4.99 Å². The quantitative estimate of drug-likeness (QED) is 0.144. The number of rotatable bonds is 9. The van der Waals surface area contributed by atoms with E-state index in [4.69, 9.17) is 9.73 Å². The first kappa shape index (κ1) is 32.0. The summed E-state index contributed by atoms with van der Waals surface area (Å²) in [6.45, 7) is 12.2. The van der Waals surface area contributed by atoms with Gasteiger partial charge in [0.05, 0.1) is 36.9 Å². The number of halogens is 3. The van der Waals surface area contributed by atoms with Gasteiger partial charge >= 0.3 is 6.18 Å². The second kappa shape index (κ2) is 13.6. The molecule has 1 unspecified atom stereocenters. The average molecular weight is 606 g/mol. The molecule has 0 saturated carbocycles. The number of anilines is 1. The van der Waals surface area contributed by atoms with Gasteiger partial charge in [0.25, 0.3) is 0 Å². The molecule has 43 heavy (non-hydrogen) atoms. The topological polar surface area (TPSA) is 45.1 Å². The van der Waals surface area contributed by atoms with Crippen LogP contribution in [0.4, 0.5) is 24.5 Å². The van der Waals surface area contributed by atoms with Crippen molar-refractivity contribution in [2.45, 2.75) is 58.7 Å². The van der Waals surface area contributed by atoms with Crippen molar-refractivity contribution in [3.63, 3.8) is 0 Å². The van der Waals surface area contributed by atoms with Crippen molar-refractivity contribution in [2.24, 2.45) is 4.99 Å². The zero-order valence-electron chi connectivity index (χ0n) is 25.3. The third-order valence-corrected chi connectivity index (χ3v) is 7.95. The Morgan fingerprint density at radius 1 is 1.05 bits per heavy atom. The molecule has 0 saturated heterocycles. The lowest BCUT2D eigenvalue weighted by molar-refractivity contribution is -0.137. The molecular formula is C34H38F3N3O2Si. The summed E-state index contributed by atoms with van der Waals surface area (Å²) in [5.41, 5.74) is 6.95. The first-order valence-corrected chi connectivity index (χ1v) is 18.0. The van der Waals surface area contributed by atoms with Gasteiger partial charge in [-0.3, -0.25) is 4.79 Å². The van der Waals surface area contributed by atoms with Crippen LogP contribution in [0.25, 0.3) is 0 Å². The van der Waals surface area contributed by atoms with Gasteiger partial charge < -0.3 is 14.5 Å². The molecule has 4 rings (SSSR count). The molecule has 5 nitrogen and oxygen atoms in total. The lowest BCUT2D eigenvalue weighted by Gasteiger charge is -2.38. The Kier molecular flexibility index (Phi) is 10.1. The number of nitrogens with zero attached hydrogens (tertiary/aromatic N) is 3. The Labute approximate surface area is 253 Å². The summed E-state index contributed by atoms with van der Waals surface area (Å²) >= 11 is 0. The van der Waals surface area contributed by atoms with Crippen molar-refractivity contribution < 1.29 is 22.7 Å². The molecule has 1 aliphatic rings. The monoisotopic (exact) mass is 605 g/mol. The molecule has 226 valence electrons. The van der Waals surface area contributed by atoms with Crippen molar-refractivity contribution in [3.8, 4) is 11.5 Å². The van der Waals surface area contributed by atoms with Gasteiger partial charge in [-0.15, -0.1) is 5.54 Å². The molecule has 1 atom stereocenters. The fraction of sp³-hybridized carbons (Fsp3) is 0.353. The van der Waals surface area contributed by atoms with Crippen LogP contribution in [-0.4, -0.2) is 50.5 Å². The maximum atomic E-state index is 13.7. The standard InChI is InChI=1S/C34H38F3N3O2Si/c1-6-42-21-20-39(32(41)23-27-11-15-29(16-12-27)34(35,36)37)25(2)33-38-31-10-8-7-9-28(31)24-40(33)30-17-13-26(14-18-30)19-22-43(3,4)5/h7-18,25H,6,20-21,23-24H2,1-5H3. The Morgan fingerprint density at radius 2 is 1.72 bits per heavy atom. The molecule has 3 aromatic carbocycles. The highest BCUT2D eigenvalue weighted by Crippen LogP contribution is 2.32. The van der Waals surface area contributed by atoms with Crippen molar-refractivity contribution in [2.75, 3.05) is 24.7 Å². The Morgan fingerprint density at radius 3 is 2.35 bits per heavy atom. The third kappa shape index (κ3) is 8.59. The number of aliphatic imine (C=N–C) groups is 1. The Balaban J connectivity index is 1.65. The van der Waals surface area contributed by atoms with E-state index in [-0.39, 0.29) is 12.3 Å². The molecule has 0 fully saturated rings. The maximum Gasteiger partial charge on any atom is 0.416 e. The molecule has 9 heteroatoms. The number of carbonyl (C=O) groups excluding carboxylic acids is 1. The predicted molar refractivity (Wildman–Crippen MR) is 169 cm³/mol. The van der Waals surface area contributed by atoms with Gasteiger partial charge in [0.2, 0.25) is 5.91 Å². The summed E-state index contributed by atoms with van der Waals surface area (Å²) in [7, 11) is -1.52. The number of alkyl halides is 3. The second-order valence-corrected chi connectivity index (χ2v) is 16.3. The predicted octanol–water partition coefficient (Wildman–Crippen LogP) is 7.48. The number of para-hydroxylation sites is 1. The second-order valence-electron chi connectivity index (χ2n) is 11.6.